The van der Waals surface area contributed by atoms with Crippen LogP contribution >= 0.6 is 11.3 Å². The monoisotopic (exact) mass is 313 g/mol. The number of hydrogen-bond donors (Lipinski definition) is 1. The highest BCUT2D eigenvalue weighted by molar-refractivity contribution is 7.17. The van der Waals surface area contributed by atoms with Crippen molar-refractivity contribution in [2.75, 3.05) is 0 Å². The van der Waals surface area contributed by atoms with Gasteiger partial charge >= 0.3 is 12.6 Å². The van der Waals surface area contributed by atoms with Crippen LogP contribution in [0.5, 0.6) is 5.75 Å². The topological polar surface area (TPSA) is 59.4 Å². The SMILES string of the molecule is CCCc1nc(-c2ccc(OC(F)F)cc2)sc1C(=O)O. The molecule has 1 N–H and O–H groups in total. The number of carboxylic acid groups (broad SMARTS) is 1. The van der Waals surface area contributed by atoms with Gasteiger partial charge in [-0.15, -0.1) is 11.3 Å². The third-order valence-electron chi connectivity index (χ3n) is 2.70. The Kier molecular flexibility index (Phi) is 4.85. The molecule has 0 saturated carbocycles. The van der Waals surface area contributed by atoms with Gasteiger partial charge in [0.15, 0.2) is 0 Å². The van der Waals surface area contributed by atoms with E-state index in [2.05, 4.69) is 9.72 Å². The van der Waals surface area contributed by atoms with E-state index in [1.54, 1.807) is 12.1 Å². The molecule has 2 aromatic rings. The quantitative estimate of drug-likeness (QED) is 0.873. The van der Waals surface area contributed by atoms with E-state index < -0.39 is 12.6 Å². The van der Waals surface area contributed by atoms with Gasteiger partial charge in [0.1, 0.15) is 15.6 Å². The van der Waals surface area contributed by atoms with Crippen molar-refractivity contribution in [2.45, 2.75) is 26.4 Å². The van der Waals surface area contributed by atoms with Crippen molar-refractivity contribution in [3.8, 4) is 16.3 Å². The number of benzene rings is 1. The van der Waals surface area contributed by atoms with Gasteiger partial charge in [0.2, 0.25) is 0 Å². The fourth-order valence-corrected chi connectivity index (χ4v) is 2.78. The lowest BCUT2D eigenvalue weighted by Gasteiger charge is -2.04. The van der Waals surface area contributed by atoms with E-state index in [1.165, 1.54) is 12.1 Å². The molecule has 1 heterocycles. The Morgan fingerprint density at radius 3 is 2.57 bits per heavy atom. The van der Waals surface area contributed by atoms with Gasteiger partial charge in [-0.2, -0.15) is 8.78 Å². The van der Waals surface area contributed by atoms with E-state index in [9.17, 15) is 13.6 Å². The minimum absolute atomic E-state index is 0.0533. The number of aromatic carboxylic acids is 1. The van der Waals surface area contributed by atoms with Gasteiger partial charge in [-0.25, -0.2) is 9.78 Å². The third kappa shape index (κ3) is 3.75. The van der Waals surface area contributed by atoms with E-state index >= 15 is 0 Å². The van der Waals surface area contributed by atoms with Crippen LogP contribution in [-0.4, -0.2) is 22.7 Å². The number of carboxylic acids is 1. The van der Waals surface area contributed by atoms with Crippen molar-refractivity contribution in [3.05, 3.63) is 34.8 Å². The Bertz CT molecular complexity index is 626. The highest BCUT2D eigenvalue weighted by Crippen LogP contribution is 2.30. The summed E-state index contributed by atoms with van der Waals surface area (Å²) in [5.74, 6) is -0.947. The number of nitrogens with zero attached hydrogens (tertiary/aromatic N) is 1. The first kappa shape index (κ1) is 15.4. The molecule has 0 spiro atoms. The Morgan fingerprint density at radius 2 is 2.05 bits per heavy atom. The number of halogens is 2. The van der Waals surface area contributed by atoms with Crippen LogP contribution in [0.4, 0.5) is 8.78 Å². The average Bonchev–Trinajstić information content (AvgIpc) is 2.83. The first-order valence-corrected chi connectivity index (χ1v) is 7.11. The van der Waals surface area contributed by atoms with Crippen LogP contribution in [0.1, 0.15) is 28.7 Å². The zero-order valence-electron chi connectivity index (χ0n) is 11.2. The van der Waals surface area contributed by atoms with Crippen LogP contribution in [0.3, 0.4) is 0 Å². The first-order chi connectivity index (χ1) is 10.0. The average molecular weight is 313 g/mol. The maximum absolute atomic E-state index is 12.1. The molecule has 4 nitrogen and oxygen atoms in total. The number of hydrogen-bond acceptors (Lipinski definition) is 4. The zero-order valence-corrected chi connectivity index (χ0v) is 12.0. The van der Waals surface area contributed by atoms with E-state index in [-0.39, 0.29) is 10.6 Å². The number of aryl methyl sites for hydroxylation is 1. The Hall–Kier alpha value is -2.02. The van der Waals surface area contributed by atoms with E-state index in [4.69, 9.17) is 5.11 Å². The second-order valence-corrected chi connectivity index (χ2v) is 5.25. The molecule has 21 heavy (non-hydrogen) atoms. The van der Waals surface area contributed by atoms with Crippen molar-refractivity contribution in [2.24, 2.45) is 0 Å². The third-order valence-corrected chi connectivity index (χ3v) is 3.84. The highest BCUT2D eigenvalue weighted by Gasteiger charge is 2.17. The largest absolute Gasteiger partial charge is 0.477 e. The summed E-state index contributed by atoms with van der Waals surface area (Å²) in [6, 6.07) is 5.97. The first-order valence-electron chi connectivity index (χ1n) is 6.29. The summed E-state index contributed by atoms with van der Waals surface area (Å²) in [5.41, 5.74) is 1.23. The molecule has 7 heteroatoms. The van der Waals surface area contributed by atoms with E-state index in [0.29, 0.717) is 22.7 Å². The maximum Gasteiger partial charge on any atom is 0.387 e. The van der Waals surface area contributed by atoms with Gasteiger partial charge in [-0.3, -0.25) is 0 Å². The van der Waals surface area contributed by atoms with Gasteiger partial charge in [-0.05, 0) is 30.7 Å². The molecule has 0 amide bonds. The van der Waals surface area contributed by atoms with Gasteiger partial charge in [-0.1, -0.05) is 13.3 Å². The summed E-state index contributed by atoms with van der Waals surface area (Å²) >= 11 is 1.08. The lowest BCUT2D eigenvalue weighted by Crippen LogP contribution is -2.01. The van der Waals surface area contributed by atoms with Crippen LogP contribution in [0, 0.1) is 0 Å². The second kappa shape index (κ2) is 6.62. The molecular formula is C14H13F2NO3S. The summed E-state index contributed by atoms with van der Waals surface area (Å²) in [6.07, 6.45) is 1.38. The molecule has 0 unspecified atom stereocenters. The molecule has 1 aromatic carbocycles. The molecule has 0 aliphatic rings. The summed E-state index contributed by atoms with van der Waals surface area (Å²) in [5, 5.41) is 9.72. The standard InChI is InChI=1S/C14H13F2NO3S/c1-2-3-10-11(13(18)19)21-12(17-10)8-4-6-9(7-5-8)20-14(15)16/h4-7,14H,2-3H2,1H3,(H,18,19). The highest BCUT2D eigenvalue weighted by atomic mass is 32.1. The summed E-state index contributed by atoms with van der Waals surface area (Å²) in [6.45, 7) is -0.924. The lowest BCUT2D eigenvalue weighted by molar-refractivity contribution is -0.0498. The second-order valence-electron chi connectivity index (χ2n) is 4.25. The van der Waals surface area contributed by atoms with E-state index in [1.807, 2.05) is 6.92 Å². The normalized spacial score (nSPS) is 10.9. The molecule has 2 rings (SSSR count). The van der Waals surface area contributed by atoms with Crippen molar-refractivity contribution >= 4 is 17.3 Å². The molecule has 0 fully saturated rings. The lowest BCUT2D eigenvalue weighted by atomic mass is 10.2. The smallest absolute Gasteiger partial charge is 0.387 e. The molecule has 0 atom stereocenters. The maximum atomic E-state index is 12.1. The van der Waals surface area contributed by atoms with Gasteiger partial charge < -0.3 is 9.84 Å². The molecule has 0 bridgehead atoms. The molecule has 0 aliphatic heterocycles. The fraction of sp³-hybridized carbons (Fsp3) is 0.286. The molecule has 112 valence electrons. The molecule has 0 radical (unpaired) electrons. The molecule has 1 aromatic heterocycles. The van der Waals surface area contributed by atoms with Gasteiger partial charge in [0, 0.05) is 5.56 Å². The van der Waals surface area contributed by atoms with Gasteiger partial charge in [0.05, 0.1) is 5.69 Å². The molecular weight excluding hydrogens is 300 g/mol. The Labute approximate surface area is 124 Å². The van der Waals surface area contributed by atoms with Crippen molar-refractivity contribution in [1.29, 1.82) is 0 Å². The van der Waals surface area contributed by atoms with Crippen LogP contribution in [0.2, 0.25) is 0 Å². The minimum atomic E-state index is -2.87. The zero-order chi connectivity index (χ0) is 15.4. The molecule has 0 saturated heterocycles. The molecule has 0 aliphatic carbocycles. The predicted molar refractivity (Wildman–Crippen MR) is 75.1 cm³/mol. The Morgan fingerprint density at radius 1 is 1.38 bits per heavy atom. The van der Waals surface area contributed by atoms with Crippen molar-refractivity contribution in [1.82, 2.24) is 4.98 Å². The number of alkyl halides is 2. The number of aromatic nitrogens is 1. The van der Waals surface area contributed by atoms with Crippen molar-refractivity contribution < 1.29 is 23.4 Å². The van der Waals surface area contributed by atoms with Crippen molar-refractivity contribution in [3.63, 3.8) is 0 Å². The summed E-state index contributed by atoms with van der Waals surface area (Å²) in [4.78, 5) is 15.7. The number of thiazole rings is 1. The number of carbonyl (C=O) groups is 1. The fourth-order valence-electron chi connectivity index (χ4n) is 1.83. The van der Waals surface area contributed by atoms with Crippen LogP contribution in [0.25, 0.3) is 10.6 Å². The van der Waals surface area contributed by atoms with Gasteiger partial charge in [0.25, 0.3) is 0 Å². The van der Waals surface area contributed by atoms with E-state index in [0.717, 1.165) is 17.8 Å². The van der Waals surface area contributed by atoms with Crippen LogP contribution in [0.15, 0.2) is 24.3 Å². The minimum Gasteiger partial charge on any atom is -0.477 e. The Balaban J connectivity index is 2.29. The number of ether oxygens (including phenoxy) is 1. The summed E-state index contributed by atoms with van der Waals surface area (Å²) in [7, 11) is 0. The van der Waals surface area contributed by atoms with Crippen LogP contribution in [-0.2, 0) is 6.42 Å². The summed E-state index contributed by atoms with van der Waals surface area (Å²) < 4.78 is 28.4. The predicted octanol–water partition coefficient (Wildman–Crippen LogP) is 4.06. The van der Waals surface area contributed by atoms with Crippen LogP contribution < -0.4 is 4.74 Å². The number of rotatable bonds is 6.